The largest absolute Gasteiger partial charge is 0.480 e. The number of hydrogen-bond donors (Lipinski definition) is 3. The topological polar surface area (TPSA) is 105 Å². The number of aliphatic carboxylic acids is 1. The third kappa shape index (κ3) is 2.43. The summed E-state index contributed by atoms with van der Waals surface area (Å²) >= 11 is 1.13. The van der Waals surface area contributed by atoms with E-state index in [1.807, 2.05) is 0 Å². The minimum Gasteiger partial charge on any atom is -0.480 e. The van der Waals surface area contributed by atoms with Crippen LogP contribution in [0.5, 0.6) is 0 Å². The molecule has 0 spiro atoms. The molecule has 1 aromatic heterocycles. The fraction of sp³-hybridized carbons (Fsp3) is 0.286. The molecule has 1 aromatic rings. The van der Waals surface area contributed by atoms with Gasteiger partial charge in [-0.15, -0.1) is 11.3 Å². The molecule has 0 aromatic carbocycles. The Labute approximate surface area is 83.8 Å². The van der Waals surface area contributed by atoms with E-state index in [9.17, 15) is 9.59 Å². The van der Waals surface area contributed by atoms with Crippen molar-refractivity contribution in [2.45, 2.75) is 13.0 Å². The maximum atomic E-state index is 11.3. The summed E-state index contributed by atoms with van der Waals surface area (Å²) in [5, 5.41) is 12.5. The van der Waals surface area contributed by atoms with Crippen molar-refractivity contribution in [1.82, 2.24) is 10.3 Å². The molecule has 0 aliphatic carbocycles. The first kappa shape index (κ1) is 10.5. The fourth-order valence-corrected chi connectivity index (χ4v) is 1.27. The number of rotatable bonds is 3. The van der Waals surface area contributed by atoms with E-state index in [0.29, 0.717) is 0 Å². The zero-order valence-electron chi connectivity index (χ0n) is 7.35. The number of carbonyl (C=O) groups is 2. The summed E-state index contributed by atoms with van der Waals surface area (Å²) in [7, 11) is 0. The van der Waals surface area contributed by atoms with Gasteiger partial charge < -0.3 is 16.2 Å². The van der Waals surface area contributed by atoms with Gasteiger partial charge in [0.05, 0.1) is 0 Å². The minimum atomic E-state index is -1.10. The Morgan fingerprint density at radius 2 is 2.36 bits per heavy atom. The number of nitrogen functional groups attached to an aromatic ring is 1. The number of carboxylic acids is 1. The highest BCUT2D eigenvalue weighted by Gasteiger charge is 2.16. The summed E-state index contributed by atoms with van der Waals surface area (Å²) in [5.74, 6) is -1.63. The molecule has 0 radical (unpaired) electrons. The molecule has 4 N–H and O–H groups in total. The Kier molecular flexibility index (Phi) is 3.03. The molecule has 0 saturated heterocycles. The number of nitrogens with zero attached hydrogens (tertiary/aromatic N) is 1. The van der Waals surface area contributed by atoms with E-state index >= 15 is 0 Å². The number of carboxylic acid groups (broad SMARTS) is 1. The maximum Gasteiger partial charge on any atom is 0.325 e. The molecule has 7 heteroatoms. The lowest BCUT2D eigenvalue weighted by Crippen LogP contribution is -2.38. The van der Waals surface area contributed by atoms with Gasteiger partial charge in [0.2, 0.25) is 0 Å². The second kappa shape index (κ2) is 4.05. The molecule has 0 bridgehead atoms. The predicted molar refractivity (Wildman–Crippen MR) is 51.1 cm³/mol. The number of aromatic nitrogens is 1. The number of carbonyl (C=O) groups excluding carboxylic acids is 1. The Morgan fingerprint density at radius 1 is 1.71 bits per heavy atom. The lowest BCUT2D eigenvalue weighted by molar-refractivity contribution is -0.138. The van der Waals surface area contributed by atoms with Crippen LogP contribution >= 0.6 is 11.3 Å². The van der Waals surface area contributed by atoms with Gasteiger partial charge in [0.25, 0.3) is 5.91 Å². The summed E-state index contributed by atoms with van der Waals surface area (Å²) in [6, 6.07) is -0.939. The number of anilines is 1. The molecule has 6 nitrogen and oxygen atoms in total. The molecule has 1 amide bonds. The van der Waals surface area contributed by atoms with Crippen LogP contribution in [0.25, 0.3) is 0 Å². The van der Waals surface area contributed by atoms with E-state index in [0.717, 1.165) is 11.3 Å². The van der Waals surface area contributed by atoms with Gasteiger partial charge in [-0.3, -0.25) is 9.59 Å². The normalized spacial score (nSPS) is 12.1. The molecule has 0 aliphatic heterocycles. The molecule has 1 unspecified atom stereocenters. The third-order valence-electron chi connectivity index (χ3n) is 1.47. The van der Waals surface area contributed by atoms with Gasteiger partial charge in [0, 0.05) is 5.38 Å². The van der Waals surface area contributed by atoms with Crippen LogP contribution in [0, 0.1) is 0 Å². The van der Waals surface area contributed by atoms with Gasteiger partial charge in [0.1, 0.15) is 11.7 Å². The van der Waals surface area contributed by atoms with Crippen molar-refractivity contribution in [2.24, 2.45) is 0 Å². The van der Waals surface area contributed by atoms with Gasteiger partial charge >= 0.3 is 5.97 Å². The van der Waals surface area contributed by atoms with Gasteiger partial charge in [-0.2, -0.15) is 0 Å². The Balaban J connectivity index is 2.63. The van der Waals surface area contributed by atoms with Crippen LogP contribution in [0.2, 0.25) is 0 Å². The monoisotopic (exact) mass is 215 g/mol. The van der Waals surface area contributed by atoms with E-state index in [4.69, 9.17) is 10.8 Å². The van der Waals surface area contributed by atoms with E-state index in [1.54, 1.807) is 0 Å². The zero-order chi connectivity index (χ0) is 10.7. The standard InChI is InChI=1S/C7H9N3O3S/c1-3(6(12)13)9-5(11)4-2-14-7(8)10-4/h2-3H,1H3,(H2,8,10)(H,9,11)(H,12,13). The van der Waals surface area contributed by atoms with E-state index in [2.05, 4.69) is 10.3 Å². The van der Waals surface area contributed by atoms with E-state index in [1.165, 1.54) is 12.3 Å². The van der Waals surface area contributed by atoms with Gasteiger partial charge in [-0.1, -0.05) is 0 Å². The van der Waals surface area contributed by atoms with Crippen LogP contribution in [-0.4, -0.2) is 28.0 Å². The summed E-state index contributed by atoms with van der Waals surface area (Å²) in [6.45, 7) is 1.37. The lowest BCUT2D eigenvalue weighted by atomic mass is 10.3. The second-order valence-electron chi connectivity index (χ2n) is 2.60. The molecular weight excluding hydrogens is 206 g/mol. The molecule has 1 atom stereocenters. The van der Waals surface area contributed by atoms with Crippen LogP contribution in [0.3, 0.4) is 0 Å². The molecule has 0 aliphatic rings. The Bertz CT molecular complexity index is 363. The lowest BCUT2D eigenvalue weighted by Gasteiger charge is -2.06. The number of nitrogens with one attached hydrogen (secondary N) is 1. The van der Waals surface area contributed by atoms with Crippen LogP contribution < -0.4 is 11.1 Å². The molecule has 0 fully saturated rings. The van der Waals surface area contributed by atoms with Crippen molar-refractivity contribution >= 4 is 28.3 Å². The summed E-state index contributed by atoms with van der Waals surface area (Å²) in [4.78, 5) is 25.4. The zero-order valence-corrected chi connectivity index (χ0v) is 8.17. The highest BCUT2D eigenvalue weighted by Crippen LogP contribution is 2.10. The quantitative estimate of drug-likeness (QED) is 0.654. The molecule has 1 heterocycles. The smallest absolute Gasteiger partial charge is 0.325 e. The summed E-state index contributed by atoms with van der Waals surface area (Å²) < 4.78 is 0. The SMILES string of the molecule is CC(NC(=O)c1csc(N)n1)C(=O)O. The van der Waals surface area contributed by atoms with Gasteiger partial charge in [0.15, 0.2) is 5.13 Å². The first-order chi connectivity index (χ1) is 6.50. The third-order valence-corrected chi connectivity index (χ3v) is 2.15. The van der Waals surface area contributed by atoms with Crippen LogP contribution in [0.15, 0.2) is 5.38 Å². The average Bonchev–Trinajstić information content (AvgIpc) is 2.51. The van der Waals surface area contributed by atoms with Crippen molar-refractivity contribution in [3.05, 3.63) is 11.1 Å². The second-order valence-corrected chi connectivity index (χ2v) is 3.49. The van der Waals surface area contributed by atoms with Gasteiger partial charge in [-0.05, 0) is 6.92 Å². The van der Waals surface area contributed by atoms with Crippen molar-refractivity contribution in [3.63, 3.8) is 0 Å². The predicted octanol–water partition coefficient (Wildman–Crippen LogP) is -0.0718. The highest BCUT2D eigenvalue weighted by molar-refractivity contribution is 7.13. The molecule has 76 valence electrons. The number of nitrogens with two attached hydrogens (primary N) is 1. The molecule has 0 saturated carbocycles. The van der Waals surface area contributed by atoms with Crippen LogP contribution in [0.1, 0.15) is 17.4 Å². The first-order valence-corrected chi connectivity index (χ1v) is 4.63. The van der Waals surface area contributed by atoms with Crippen LogP contribution in [-0.2, 0) is 4.79 Å². The Morgan fingerprint density at radius 3 is 2.79 bits per heavy atom. The number of amides is 1. The fourth-order valence-electron chi connectivity index (χ4n) is 0.724. The minimum absolute atomic E-state index is 0.139. The summed E-state index contributed by atoms with van der Waals surface area (Å²) in [6.07, 6.45) is 0. The number of hydrogen-bond acceptors (Lipinski definition) is 5. The van der Waals surface area contributed by atoms with Crippen molar-refractivity contribution in [3.8, 4) is 0 Å². The maximum absolute atomic E-state index is 11.3. The van der Waals surface area contributed by atoms with Crippen molar-refractivity contribution in [2.75, 3.05) is 5.73 Å². The average molecular weight is 215 g/mol. The van der Waals surface area contributed by atoms with E-state index < -0.39 is 17.9 Å². The highest BCUT2D eigenvalue weighted by atomic mass is 32.1. The summed E-state index contributed by atoms with van der Waals surface area (Å²) in [5.41, 5.74) is 5.46. The Hall–Kier alpha value is -1.63. The molecule has 1 rings (SSSR count). The molecule has 14 heavy (non-hydrogen) atoms. The van der Waals surface area contributed by atoms with Gasteiger partial charge in [-0.25, -0.2) is 4.98 Å². The number of thiazole rings is 1. The van der Waals surface area contributed by atoms with E-state index in [-0.39, 0.29) is 10.8 Å². The first-order valence-electron chi connectivity index (χ1n) is 3.75. The van der Waals surface area contributed by atoms with Crippen molar-refractivity contribution in [1.29, 1.82) is 0 Å². The van der Waals surface area contributed by atoms with Crippen LogP contribution in [0.4, 0.5) is 5.13 Å². The molecular formula is C7H9N3O3S. The van der Waals surface area contributed by atoms with Crippen molar-refractivity contribution < 1.29 is 14.7 Å².